The van der Waals surface area contributed by atoms with E-state index in [1.165, 1.54) is 0 Å². The maximum atomic E-state index is 11.6. The lowest BCUT2D eigenvalue weighted by Crippen LogP contribution is -2.17. The highest BCUT2D eigenvalue weighted by atomic mass is 16.3. The van der Waals surface area contributed by atoms with Gasteiger partial charge >= 0.3 is 0 Å². The molecule has 0 heterocycles. The maximum absolute atomic E-state index is 11.6. The molecule has 0 aromatic heterocycles. The van der Waals surface area contributed by atoms with Gasteiger partial charge in [-0.2, -0.15) is 0 Å². The first-order valence-electron chi connectivity index (χ1n) is 14.3. The second-order valence-corrected chi connectivity index (χ2v) is 11.1. The van der Waals surface area contributed by atoms with Gasteiger partial charge in [-0.1, -0.05) is 86.0 Å². The summed E-state index contributed by atoms with van der Waals surface area (Å²) in [5.41, 5.74) is 1.38. The molecule has 6 aromatic carbocycles. The van der Waals surface area contributed by atoms with Gasteiger partial charge in [0.2, 0.25) is 0 Å². The first-order valence-corrected chi connectivity index (χ1v) is 14.3. The van der Waals surface area contributed by atoms with Crippen molar-refractivity contribution in [1.29, 1.82) is 0 Å². The Bertz CT molecular complexity index is 2250. The van der Waals surface area contributed by atoms with Gasteiger partial charge in [-0.25, -0.2) is 0 Å². The number of aromatic hydroxyl groups is 8. The summed E-state index contributed by atoms with van der Waals surface area (Å²) in [4.78, 5) is 0. The summed E-state index contributed by atoms with van der Waals surface area (Å²) in [7, 11) is 0. The number of rotatable bonds is 5. The normalized spacial score (nSPS) is 12.3. The van der Waals surface area contributed by atoms with Crippen LogP contribution in [-0.4, -0.2) is 40.9 Å². The van der Waals surface area contributed by atoms with Gasteiger partial charge in [0, 0.05) is 53.5 Å². The van der Waals surface area contributed by atoms with E-state index in [0.29, 0.717) is 12.8 Å². The molecular weight excluding hydrogens is 584 g/mol. The number of benzene rings is 6. The third kappa shape index (κ3) is 4.73. The van der Waals surface area contributed by atoms with Crippen molar-refractivity contribution in [2.24, 2.45) is 0 Å². The van der Waals surface area contributed by atoms with Crippen LogP contribution in [0.15, 0.2) is 72.8 Å². The zero-order valence-corrected chi connectivity index (χ0v) is 24.5. The predicted molar refractivity (Wildman–Crippen MR) is 179 cm³/mol. The molecule has 0 aliphatic rings. The van der Waals surface area contributed by atoms with Crippen LogP contribution in [0, 0.1) is 0 Å². The van der Waals surface area contributed by atoms with Crippen LogP contribution in [0.1, 0.15) is 11.1 Å². The number of fused-ring (bicyclic) bond motifs is 2. The smallest absolute Gasteiger partial charge is 0.165 e. The fourth-order valence-corrected chi connectivity index (χ4v) is 5.94. The zero-order valence-electron chi connectivity index (χ0n) is 24.5. The molecule has 0 spiro atoms. The van der Waals surface area contributed by atoms with E-state index in [1.54, 1.807) is 12.2 Å². The Hall–Kier alpha value is -6.28. The fraction of sp³-hybridized carbons (Fsp3) is 0.0526. The summed E-state index contributed by atoms with van der Waals surface area (Å²) in [6.45, 7) is 7.88. The Balaban J connectivity index is 1.65. The highest BCUT2D eigenvalue weighted by molar-refractivity contribution is 6.06. The van der Waals surface area contributed by atoms with Crippen molar-refractivity contribution >= 4 is 46.9 Å². The van der Waals surface area contributed by atoms with Gasteiger partial charge in [0.05, 0.1) is 0 Å². The molecule has 8 heteroatoms. The van der Waals surface area contributed by atoms with Gasteiger partial charge in [0.25, 0.3) is 0 Å². The second kappa shape index (κ2) is 11.3. The monoisotopic (exact) mass is 614 g/mol. The van der Waals surface area contributed by atoms with E-state index in [1.807, 2.05) is 60.7 Å². The topological polar surface area (TPSA) is 162 Å². The molecule has 8 N–H and O–H groups in total. The summed E-state index contributed by atoms with van der Waals surface area (Å²) in [5, 5.41) is 88.6. The molecule has 0 unspecified atom stereocenters. The average Bonchev–Trinajstić information content (AvgIpc) is 3.06. The summed E-state index contributed by atoms with van der Waals surface area (Å²) in [6, 6.07) is 20.7. The molecule has 0 atom stereocenters. The lowest BCUT2D eigenvalue weighted by atomic mass is 9.90. The SMILES string of the molecule is C=c1c(-c2c(O)c3cc(O)c(O)/c(=C\Cc4ccccc4)c3c(O)c2=C)c(O)c2cc(O)c(O)/c(=C\Cc3ccccc3)c2c1O. The van der Waals surface area contributed by atoms with Gasteiger partial charge in [-0.3, -0.25) is 0 Å². The van der Waals surface area contributed by atoms with Crippen LogP contribution >= 0.6 is 0 Å². The van der Waals surface area contributed by atoms with E-state index in [0.717, 1.165) is 23.3 Å². The largest absolute Gasteiger partial charge is 0.507 e. The highest BCUT2D eigenvalue weighted by Gasteiger charge is 2.25. The minimum atomic E-state index is -0.566. The van der Waals surface area contributed by atoms with Crippen molar-refractivity contribution in [3.8, 4) is 57.1 Å². The molecule has 6 rings (SSSR count). The third-order valence-electron chi connectivity index (χ3n) is 8.29. The summed E-state index contributed by atoms with van der Waals surface area (Å²) in [6.07, 6.45) is 3.84. The summed E-state index contributed by atoms with van der Waals surface area (Å²) < 4.78 is 0. The van der Waals surface area contributed by atoms with Gasteiger partial charge in [0.15, 0.2) is 23.0 Å². The maximum Gasteiger partial charge on any atom is 0.165 e. The number of phenols is 8. The zero-order chi connectivity index (χ0) is 32.9. The van der Waals surface area contributed by atoms with E-state index >= 15 is 0 Å². The second-order valence-electron chi connectivity index (χ2n) is 11.1. The molecule has 6 aromatic rings. The molecule has 0 aliphatic heterocycles. The lowest BCUT2D eigenvalue weighted by molar-refractivity contribution is 0.401. The Morgan fingerprint density at radius 2 is 0.804 bits per heavy atom. The van der Waals surface area contributed by atoms with E-state index in [4.69, 9.17) is 0 Å². The average molecular weight is 615 g/mol. The van der Waals surface area contributed by atoms with Crippen LogP contribution in [0.2, 0.25) is 0 Å². The molecule has 8 nitrogen and oxygen atoms in total. The Morgan fingerprint density at radius 1 is 0.457 bits per heavy atom. The van der Waals surface area contributed by atoms with Crippen molar-refractivity contribution in [3.05, 3.63) is 105 Å². The highest BCUT2D eigenvalue weighted by Crippen LogP contribution is 2.44. The van der Waals surface area contributed by atoms with Gasteiger partial charge in [0.1, 0.15) is 23.0 Å². The molecule has 46 heavy (non-hydrogen) atoms. The van der Waals surface area contributed by atoms with Crippen LogP contribution in [0.5, 0.6) is 46.0 Å². The lowest BCUT2D eigenvalue weighted by Gasteiger charge is -2.18. The summed E-state index contributed by atoms with van der Waals surface area (Å²) in [5.74, 6) is -4.12. The van der Waals surface area contributed by atoms with Crippen molar-refractivity contribution in [1.82, 2.24) is 0 Å². The van der Waals surface area contributed by atoms with Gasteiger partial charge in [-0.05, 0) is 36.1 Å². The standard InChI is InChI=1S/C38H30O8/c1-19-29(37(45)25-17-27(39)35(43)23(31(25)33(19)41)15-13-21-9-5-3-6-10-21)30-20(2)34(42)32-24(16-14-22-11-7-4-8-12-22)36(44)28(40)18-26(32)38(30)46/h3-12,15-18,39-46H,1-2,13-14H2/b23-15-,24-16-. The van der Waals surface area contributed by atoms with E-state index in [9.17, 15) is 40.9 Å². The van der Waals surface area contributed by atoms with Crippen LogP contribution < -0.4 is 20.9 Å². The fourth-order valence-electron chi connectivity index (χ4n) is 5.94. The van der Waals surface area contributed by atoms with Gasteiger partial charge in [-0.15, -0.1) is 0 Å². The Kier molecular flexibility index (Phi) is 7.34. The molecular formula is C38H30O8. The summed E-state index contributed by atoms with van der Waals surface area (Å²) >= 11 is 0. The van der Waals surface area contributed by atoms with Crippen molar-refractivity contribution in [3.63, 3.8) is 0 Å². The Labute approximate surface area is 262 Å². The number of hydrogen-bond acceptors (Lipinski definition) is 8. The molecule has 0 bridgehead atoms. The Morgan fingerprint density at radius 3 is 1.15 bits per heavy atom. The van der Waals surface area contributed by atoms with Crippen molar-refractivity contribution in [2.75, 3.05) is 0 Å². The van der Waals surface area contributed by atoms with Crippen molar-refractivity contribution in [2.45, 2.75) is 12.8 Å². The molecule has 0 fully saturated rings. The van der Waals surface area contributed by atoms with Crippen LogP contribution in [0.4, 0.5) is 0 Å². The van der Waals surface area contributed by atoms with Crippen LogP contribution in [0.3, 0.4) is 0 Å². The molecule has 230 valence electrons. The van der Waals surface area contributed by atoms with Gasteiger partial charge < -0.3 is 40.9 Å². The predicted octanol–water partition coefficient (Wildman–Crippen LogP) is 4.17. The molecule has 0 saturated carbocycles. The molecule has 0 radical (unpaired) electrons. The van der Waals surface area contributed by atoms with E-state index in [-0.39, 0.29) is 53.5 Å². The van der Waals surface area contributed by atoms with E-state index in [2.05, 4.69) is 13.2 Å². The van der Waals surface area contributed by atoms with Crippen LogP contribution in [-0.2, 0) is 12.8 Å². The first kappa shape index (κ1) is 29.8. The number of phenolic OH excluding ortho intramolecular Hbond substituents is 8. The van der Waals surface area contributed by atoms with Crippen LogP contribution in [0.25, 0.3) is 58.0 Å². The minimum absolute atomic E-state index is 0.00737. The quantitative estimate of drug-likeness (QED) is 0.106. The minimum Gasteiger partial charge on any atom is -0.507 e. The third-order valence-corrected chi connectivity index (χ3v) is 8.29. The number of hydrogen-bond donors (Lipinski definition) is 8. The first-order chi connectivity index (χ1) is 22.0. The molecule has 0 amide bonds. The van der Waals surface area contributed by atoms with Crippen molar-refractivity contribution < 1.29 is 40.9 Å². The molecule has 0 aliphatic carbocycles. The van der Waals surface area contributed by atoms with E-state index < -0.39 is 46.0 Å². The molecule has 0 saturated heterocycles.